The molecule has 0 aliphatic rings. The van der Waals surface area contributed by atoms with Crippen LogP contribution in [0.1, 0.15) is 0 Å². The minimum Gasteiger partial charge on any atom is -0.507 e. The molecule has 0 saturated carbocycles. The zero-order valence-electron chi connectivity index (χ0n) is 25.1. The van der Waals surface area contributed by atoms with Gasteiger partial charge < -0.3 is 37.1 Å². The Hall–Kier alpha value is -5.85. The van der Waals surface area contributed by atoms with Gasteiger partial charge in [-0.15, -0.1) is 0 Å². The van der Waals surface area contributed by atoms with Crippen molar-refractivity contribution in [2.75, 3.05) is 37.4 Å². The highest BCUT2D eigenvalue weighted by atomic mass is 16.5. The maximum Gasteiger partial charge on any atom is 0.324 e. The Balaban J connectivity index is 0.000000184. The van der Waals surface area contributed by atoms with E-state index in [2.05, 4.69) is 35.3 Å². The third-order valence-electron chi connectivity index (χ3n) is 6.93. The van der Waals surface area contributed by atoms with Gasteiger partial charge in [-0.25, -0.2) is 19.9 Å². The maximum atomic E-state index is 11.5. The smallest absolute Gasteiger partial charge is 0.324 e. The fourth-order valence-electron chi connectivity index (χ4n) is 4.62. The average Bonchev–Trinajstić information content (AvgIpc) is 3.09. The van der Waals surface area contributed by atoms with Gasteiger partial charge in [0.2, 0.25) is 0 Å². The van der Waals surface area contributed by atoms with Gasteiger partial charge in [0, 0.05) is 30.4 Å². The predicted octanol–water partition coefficient (Wildman–Crippen LogP) is 4.29. The Morgan fingerprint density at radius 2 is 1.17 bits per heavy atom. The first-order valence-corrected chi connectivity index (χ1v) is 14.5. The fourth-order valence-corrected chi connectivity index (χ4v) is 4.62. The Morgan fingerprint density at radius 3 is 1.65 bits per heavy atom. The van der Waals surface area contributed by atoms with Crippen LogP contribution in [0.4, 0.5) is 11.6 Å². The lowest BCUT2D eigenvalue weighted by atomic mass is 10.1. The monoisotopic (exact) mass is 618 g/mol. The molecule has 2 aromatic heterocycles. The van der Waals surface area contributed by atoms with Crippen molar-refractivity contribution in [1.29, 1.82) is 0 Å². The average molecular weight is 619 g/mol. The van der Waals surface area contributed by atoms with Crippen molar-refractivity contribution in [3.05, 3.63) is 97.1 Å². The molecule has 0 saturated heterocycles. The van der Waals surface area contributed by atoms with Crippen LogP contribution in [0.5, 0.6) is 11.5 Å². The number of esters is 1. The van der Waals surface area contributed by atoms with Gasteiger partial charge in [0.05, 0.1) is 29.3 Å². The largest absolute Gasteiger partial charge is 0.507 e. The number of nitrogens with zero attached hydrogens (tertiary/aromatic N) is 4. The van der Waals surface area contributed by atoms with Crippen LogP contribution in [-0.2, 0) is 9.53 Å². The number of phenols is 2. The number of methoxy groups -OCH3 is 1. The Labute approximate surface area is 265 Å². The summed E-state index contributed by atoms with van der Waals surface area (Å²) in [5.41, 5.74) is 14.0. The van der Waals surface area contributed by atoms with Gasteiger partial charge in [-0.05, 0) is 48.5 Å². The molecule has 46 heavy (non-hydrogen) atoms. The number of aromatic hydroxyl groups is 2. The molecule has 0 aliphatic heterocycles. The Bertz CT molecular complexity index is 1970. The zero-order valence-corrected chi connectivity index (χ0v) is 25.1. The van der Waals surface area contributed by atoms with E-state index in [0.717, 1.165) is 22.1 Å². The second-order valence-electron chi connectivity index (χ2n) is 10.1. The number of carbonyl (C=O) groups is 1. The number of aromatic nitrogens is 4. The van der Waals surface area contributed by atoms with E-state index < -0.39 is 12.0 Å². The van der Waals surface area contributed by atoms with E-state index >= 15 is 0 Å². The predicted molar refractivity (Wildman–Crippen MR) is 179 cm³/mol. The molecule has 6 aromatic rings. The van der Waals surface area contributed by atoms with Crippen molar-refractivity contribution in [3.8, 4) is 34.3 Å². The summed E-state index contributed by atoms with van der Waals surface area (Å²) >= 11 is 0. The third-order valence-corrected chi connectivity index (χ3v) is 6.93. The number of fused-ring (bicyclic) bond motifs is 2. The van der Waals surface area contributed by atoms with Crippen molar-refractivity contribution in [2.45, 2.75) is 6.04 Å². The molecule has 12 heteroatoms. The molecule has 8 N–H and O–H groups in total. The van der Waals surface area contributed by atoms with E-state index in [1.54, 1.807) is 42.5 Å². The minimum atomic E-state index is -0.813. The van der Waals surface area contributed by atoms with Crippen LogP contribution in [-0.4, -0.2) is 68.9 Å². The molecule has 0 spiro atoms. The molecule has 12 nitrogen and oxygen atoms in total. The number of phenolic OH excluding ortho intramolecular Hbond substituents is 2. The van der Waals surface area contributed by atoms with Crippen molar-refractivity contribution in [1.82, 2.24) is 19.9 Å². The van der Waals surface area contributed by atoms with Crippen molar-refractivity contribution >= 4 is 39.4 Å². The highest BCUT2D eigenvalue weighted by molar-refractivity contribution is 5.92. The normalized spacial score (nSPS) is 11.4. The summed E-state index contributed by atoms with van der Waals surface area (Å²) in [6, 6.07) is 28.3. The molecule has 0 amide bonds. The van der Waals surface area contributed by atoms with Crippen LogP contribution < -0.4 is 22.1 Å². The summed E-state index contributed by atoms with van der Waals surface area (Å²) in [6.07, 6.45) is 0. The van der Waals surface area contributed by atoms with Gasteiger partial charge in [0.25, 0.3) is 0 Å². The van der Waals surface area contributed by atoms with Crippen LogP contribution in [0.25, 0.3) is 44.6 Å². The molecule has 0 aliphatic carbocycles. The van der Waals surface area contributed by atoms with Gasteiger partial charge in [-0.3, -0.25) is 4.79 Å². The zero-order chi connectivity index (χ0) is 32.5. The molecule has 6 rings (SSSR count). The second kappa shape index (κ2) is 14.8. The molecule has 0 fully saturated rings. The molecule has 4 aromatic carbocycles. The highest BCUT2D eigenvalue weighted by Gasteiger charge is 2.16. The molecular weight excluding hydrogens is 584 g/mol. The van der Waals surface area contributed by atoms with Gasteiger partial charge in [0.1, 0.15) is 29.2 Å². The van der Waals surface area contributed by atoms with Crippen molar-refractivity contribution in [3.63, 3.8) is 0 Å². The van der Waals surface area contributed by atoms with Gasteiger partial charge in [-0.2, -0.15) is 0 Å². The highest BCUT2D eigenvalue weighted by Crippen LogP contribution is 2.31. The Kier molecular flexibility index (Phi) is 10.1. The minimum absolute atomic E-state index is 0.0926. The summed E-state index contributed by atoms with van der Waals surface area (Å²) in [7, 11) is 1.29. The number of rotatable bonds is 9. The summed E-state index contributed by atoms with van der Waals surface area (Å²) in [6.45, 7) is 1.30. The van der Waals surface area contributed by atoms with Crippen molar-refractivity contribution < 1.29 is 19.7 Å². The van der Waals surface area contributed by atoms with Crippen LogP contribution in [0.2, 0.25) is 0 Å². The number of anilines is 2. The number of para-hydroxylation sites is 4. The fraction of sp³-hybridized carbons (Fsp3) is 0.147. The number of hydrogen-bond donors (Lipinski definition) is 6. The summed E-state index contributed by atoms with van der Waals surface area (Å²) in [5.74, 6) is 1.88. The first-order valence-electron chi connectivity index (χ1n) is 14.5. The molecule has 234 valence electrons. The number of hydrogen-bond acceptors (Lipinski definition) is 12. The van der Waals surface area contributed by atoms with E-state index in [-0.39, 0.29) is 18.0 Å². The Morgan fingerprint density at radius 1 is 0.717 bits per heavy atom. The first kappa shape index (κ1) is 31.6. The van der Waals surface area contributed by atoms with Crippen LogP contribution >= 0.6 is 0 Å². The number of nitrogens with two attached hydrogens (primary N) is 2. The van der Waals surface area contributed by atoms with Crippen molar-refractivity contribution in [2.24, 2.45) is 11.5 Å². The van der Waals surface area contributed by atoms with E-state index in [1.165, 1.54) is 7.11 Å². The van der Waals surface area contributed by atoms with E-state index in [9.17, 15) is 15.0 Å². The standard InChI is InChI=1S/C18H18N4O3.C16H16N4O/c1-25-18(24)13(19)10-20-16-11-6-2-4-8-14(11)21-17(22-16)12-7-3-5-9-15(12)23;17-9-10-18-15-11-5-1-3-7-13(11)19-16(20-15)12-6-2-4-8-14(12)21/h2-9,13,23H,10,19H2,1H3,(H,20,21,22);1-8,21H,9-10,17H2,(H,18,19,20). The maximum absolute atomic E-state index is 11.5. The number of nitrogens with one attached hydrogen (secondary N) is 2. The lowest BCUT2D eigenvalue weighted by Gasteiger charge is -2.14. The van der Waals surface area contributed by atoms with E-state index in [0.29, 0.717) is 47.2 Å². The van der Waals surface area contributed by atoms with Gasteiger partial charge in [0.15, 0.2) is 11.6 Å². The van der Waals surface area contributed by atoms with Gasteiger partial charge >= 0.3 is 5.97 Å². The molecule has 1 atom stereocenters. The number of carbonyl (C=O) groups excluding carboxylic acids is 1. The lowest BCUT2D eigenvalue weighted by molar-refractivity contribution is -0.141. The molecule has 0 radical (unpaired) electrons. The molecule has 2 heterocycles. The second-order valence-corrected chi connectivity index (χ2v) is 10.1. The van der Waals surface area contributed by atoms with E-state index in [1.807, 2.05) is 54.6 Å². The lowest BCUT2D eigenvalue weighted by Crippen LogP contribution is -2.38. The van der Waals surface area contributed by atoms with Gasteiger partial charge in [-0.1, -0.05) is 48.5 Å². The van der Waals surface area contributed by atoms with Crippen LogP contribution in [0, 0.1) is 0 Å². The molecule has 0 bridgehead atoms. The summed E-state index contributed by atoms with van der Waals surface area (Å²) in [4.78, 5) is 29.6. The third kappa shape index (κ3) is 7.26. The number of ether oxygens (including phenoxy) is 1. The van der Waals surface area contributed by atoms with E-state index in [4.69, 9.17) is 11.5 Å². The quantitative estimate of drug-likeness (QED) is 0.126. The summed E-state index contributed by atoms with van der Waals surface area (Å²) in [5, 5.41) is 28.1. The summed E-state index contributed by atoms with van der Waals surface area (Å²) < 4.78 is 4.63. The SMILES string of the molecule is COC(=O)C(N)CNc1nc(-c2ccccc2O)nc2ccccc12.NCCNc1nc(-c2ccccc2O)nc2ccccc12. The number of benzene rings is 4. The van der Waals surface area contributed by atoms with Crippen LogP contribution in [0.3, 0.4) is 0 Å². The topological polar surface area (TPSA) is 194 Å². The first-order chi connectivity index (χ1) is 22.4. The van der Waals surface area contributed by atoms with Crippen LogP contribution in [0.15, 0.2) is 97.1 Å². The molecule has 1 unspecified atom stereocenters. The molecular formula is C34H34N8O4.